The van der Waals surface area contributed by atoms with Crippen LogP contribution in [0.3, 0.4) is 0 Å². The second kappa shape index (κ2) is 7.58. The summed E-state index contributed by atoms with van der Waals surface area (Å²) in [6.45, 7) is 1.19. The average molecular weight is 344 g/mol. The van der Waals surface area contributed by atoms with Gasteiger partial charge in [0.1, 0.15) is 5.75 Å². The summed E-state index contributed by atoms with van der Waals surface area (Å²) in [4.78, 5) is 0.0350. The van der Waals surface area contributed by atoms with Crippen molar-refractivity contribution in [3.8, 4) is 5.75 Å². The first-order valence-corrected chi connectivity index (χ1v) is 7.10. The van der Waals surface area contributed by atoms with E-state index < -0.39 is 11.6 Å². The number of thioether (sulfide) groups is 1. The molecule has 1 saturated heterocycles. The fourth-order valence-electron chi connectivity index (χ4n) is 2.33. The lowest BCUT2D eigenvalue weighted by atomic mass is 9.87. The molecule has 21 heavy (non-hydrogen) atoms. The van der Waals surface area contributed by atoms with Crippen molar-refractivity contribution >= 4 is 24.2 Å². The van der Waals surface area contributed by atoms with Crippen molar-refractivity contribution < 1.29 is 23.0 Å². The largest absolute Gasteiger partial charge is 0.508 e. The number of hydrogen-bond acceptors (Lipinski definition) is 4. The number of phenols is 1. The summed E-state index contributed by atoms with van der Waals surface area (Å²) in [6, 6.07) is 3.36. The molecule has 0 aromatic heterocycles. The Balaban J connectivity index is 0.00000220. The van der Waals surface area contributed by atoms with Crippen molar-refractivity contribution in [2.45, 2.75) is 29.3 Å². The van der Waals surface area contributed by atoms with Crippen molar-refractivity contribution in [2.24, 2.45) is 11.7 Å². The van der Waals surface area contributed by atoms with Crippen molar-refractivity contribution in [3.05, 3.63) is 23.8 Å². The van der Waals surface area contributed by atoms with Gasteiger partial charge >= 0.3 is 5.51 Å². The van der Waals surface area contributed by atoms with Crippen LogP contribution in [-0.2, 0) is 4.74 Å². The monoisotopic (exact) mass is 343 g/mol. The molecule has 2 rings (SSSR count). The van der Waals surface area contributed by atoms with Gasteiger partial charge in [0.05, 0.1) is 0 Å². The minimum atomic E-state index is -4.35. The summed E-state index contributed by atoms with van der Waals surface area (Å²) < 4.78 is 42.4. The number of nitrogens with two attached hydrogens (primary N) is 1. The van der Waals surface area contributed by atoms with Crippen LogP contribution < -0.4 is 5.73 Å². The molecular formula is C13H17ClF3NO2S. The molecule has 0 aliphatic carbocycles. The first-order valence-electron chi connectivity index (χ1n) is 6.29. The van der Waals surface area contributed by atoms with Crippen LogP contribution in [0.1, 0.15) is 24.4 Å². The standard InChI is InChI=1S/C13H16F3NO2S.ClH/c14-13(15,16)20-9-1-2-11(18)10(7-9)12(17)8-3-5-19-6-4-8;/h1-2,7-8,12,18H,3-6,17H2;1H/t12-;/m0./s1. The third kappa shape index (κ3) is 5.25. The van der Waals surface area contributed by atoms with Gasteiger partial charge in [-0.2, -0.15) is 13.2 Å². The SMILES string of the molecule is Cl.N[C@H](c1cc(SC(F)(F)F)ccc1O)C1CCOCC1. The molecule has 1 aliphatic rings. The van der Waals surface area contributed by atoms with Crippen molar-refractivity contribution in [2.75, 3.05) is 13.2 Å². The highest BCUT2D eigenvalue weighted by Crippen LogP contribution is 2.40. The maximum atomic E-state index is 12.4. The van der Waals surface area contributed by atoms with Gasteiger partial charge < -0.3 is 15.6 Å². The Morgan fingerprint density at radius 3 is 2.48 bits per heavy atom. The molecule has 120 valence electrons. The van der Waals surface area contributed by atoms with Gasteiger partial charge in [-0.25, -0.2) is 0 Å². The normalized spacial score (nSPS) is 18.1. The van der Waals surface area contributed by atoms with Crippen molar-refractivity contribution in [3.63, 3.8) is 0 Å². The van der Waals surface area contributed by atoms with Gasteiger partial charge in [0.25, 0.3) is 0 Å². The fraction of sp³-hybridized carbons (Fsp3) is 0.538. The Kier molecular flexibility index (Phi) is 6.65. The zero-order valence-electron chi connectivity index (χ0n) is 11.1. The highest BCUT2D eigenvalue weighted by molar-refractivity contribution is 8.00. The van der Waals surface area contributed by atoms with E-state index in [2.05, 4.69) is 0 Å². The third-order valence-electron chi connectivity index (χ3n) is 3.37. The predicted octanol–water partition coefficient (Wildman–Crippen LogP) is 3.85. The number of hydrogen-bond donors (Lipinski definition) is 2. The van der Waals surface area contributed by atoms with Crippen molar-refractivity contribution in [1.82, 2.24) is 0 Å². The maximum Gasteiger partial charge on any atom is 0.446 e. The Bertz CT molecular complexity index is 467. The van der Waals surface area contributed by atoms with E-state index in [1.165, 1.54) is 18.2 Å². The molecule has 1 heterocycles. The topological polar surface area (TPSA) is 55.5 Å². The molecule has 0 bridgehead atoms. The van der Waals surface area contributed by atoms with Gasteiger partial charge in [0.2, 0.25) is 0 Å². The molecule has 1 fully saturated rings. The van der Waals surface area contributed by atoms with Crippen LogP contribution >= 0.6 is 24.2 Å². The van der Waals surface area contributed by atoms with E-state index in [1.54, 1.807) is 0 Å². The molecule has 1 aromatic carbocycles. The van der Waals surface area contributed by atoms with Gasteiger partial charge in [0.15, 0.2) is 0 Å². The minimum absolute atomic E-state index is 0. The Morgan fingerprint density at radius 2 is 1.90 bits per heavy atom. The number of ether oxygens (including phenoxy) is 1. The van der Waals surface area contributed by atoms with E-state index >= 15 is 0 Å². The molecule has 0 radical (unpaired) electrons. The number of halogens is 4. The minimum Gasteiger partial charge on any atom is -0.508 e. The van der Waals surface area contributed by atoms with E-state index in [0.717, 1.165) is 12.8 Å². The quantitative estimate of drug-likeness (QED) is 0.818. The van der Waals surface area contributed by atoms with Gasteiger partial charge in [0, 0.05) is 29.7 Å². The number of aromatic hydroxyl groups is 1. The Morgan fingerprint density at radius 1 is 1.29 bits per heavy atom. The maximum absolute atomic E-state index is 12.4. The third-order valence-corrected chi connectivity index (χ3v) is 4.09. The van der Waals surface area contributed by atoms with Crippen LogP contribution in [0.25, 0.3) is 0 Å². The highest BCUT2D eigenvalue weighted by Gasteiger charge is 2.30. The summed E-state index contributed by atoms with van der Waals surface area (Å²) >= 11 is -0.204. The number of alkyl halides is 3. The van der Waals surface area contributed by atoms with Crippen LogP contribution in [0.4, 0.5) is 13.2 Å². The first-order chi connectivity index (χ1) is 9.37. The second-order valence-electron chi connectivity index (χ2n) is 4.74. The molecular weight excluding hydrogens is 327 g/mol. The molecule has 1 aliphatic heterocycles. The van der Waals surface area contributed by atoms with Crippen LogP contribution in [-0.4, -0.2) is 23.8 Å². The van der Waals surface area contributed by atoms with E-state index in [0.29, 0.717) is 18.8 Å². The van der Waals surface area contributed by atoms with Crippen LogP contribution in [0.5, 0.6) is 5.75 Å². The molecule has 0 spiro atoms. The molecule has 0 unspecified atom stereocenters. The van der Waals surface area contributed by atoms with Gasteiger partial charge in [-0.3, -0.25) is 0 Å². The van der Waals surface area contributed by atoms with E-state index in [1.807, 2.05) is 0 Å². The Hall–Kier alpha value is -0.630. The van der Waals surface area contributed by atoms with Gasteiger partial charge in [-0.05, 0) is 48.7 Å². The summed E-state index contributed by atoms with van der Waals surface area (Å²) in [6.07, 6.45) is 1.49. The van der Waals surface area contributed by atoms with Crippen molar-refractivity contribution in [1.29, 1.82) is 0 Å². The van der Waals surface area contributed by atoms with E-state index in [-0.39, 0.29) is 40.7 Å². The molecule has 0 amide bonds. The molecule has 1 atom stereocenters. The van der Waals surface area contributed by atoms with Gasteiger partial charge in [-0.15, -0.1) is 12.4 Å². The summed E-state index contributed by atoms with van der Waals surface area (Å²) in [5.41, 5.74) is 2.11. The lowest BCUT2D eigenvalue weighted by molar-refractivity contribution is -0.0328. The highest BCUT2D eigenvalue weighted by atomic mass is 35.5. The van der Waals surface area contributed by atoms with E-state index in [4.69, 9.17) is 10.5 Å². The second-order valence-corrected chi connectivity index (χ2v) is 5.88. The van der Waals surface area contributed by atoms with Crippen LogP contribution in [0.2, 0.25) is 0 Å². The van der Waals surface area contributed by atoms with Crippen LogP contribution in [0.15, 0.2) is 23.1 Å². The van der Waals surface area contributed by atoms with Crippen LogP contribution in [0, 0.1) is 5.92 Å². The number of phenolic OH excluding ortho intramolecular Hbond substituents is 1. The number of benzene rings is 1. The average Bonchev–Trinajstić information content (AvgIpc) is 2.40. The molecule has 8 heteroatoms. The summed E-state index contributed by atoms with van der Waals surface area (Å²) in [5.74, 6) is 0.0521. The lowest BCUT2D eigenvalue weighted by Gasteiger charge is -2.28. The molecule has 3 nitrogen and oxygen atoms in total. The smallest absolute Gasteiger partial charge is 0.446 e. The first kappa shape index (κ1) is 18.4. The predicted molar refractivity (Wildman–Crippen MR) is 77.7 cm³/mol. The Labute approximate surface area is 131 Å². The molecule has 0 saturated carbocycles. The molecule has 3 N–H and O–H groups in total. The van der Waals surface area contributed by atoms with E-state index in [9.17, 15) is 18.3 Å². The number of rotatable bonds is 3. The van der Waals surface area contributed by atoms with Gasteiger partial charge in [-0.1, -0.05) is 0 Å². The zero-order chi connectivity index (χ0) is 14.8. The molecule has 1 aromatic rings. The zero-order valence-corrected chi connectivity index (χ0v) is 12.7. The lowest BCUT2D eigenvalue weighted by Crippen LogP contribution is -2.27. The fourth-order valence-corrected chi connectivity index (χ4v) is 2.91. The summed E-state index contributed by atoms with van der Waals surface area (Å²) in [5, 5.41) is 9.83. The summed E-state index contributed by atoms with van der Waals surface area (Å²) in [7, 11) is 0.